The van der Waals surface area contributed by atoms with Gasteiger partial charge in [0.05, 0.1) is 6.54 Å². The van der Waals surface area contributed by atoms with Crippen LogP contribution in [0.1, 0.15) is 10.4 Å². The van der Waals surface area contributed by atoms with Crippen molar-refractivity contribution in [3.05, 3.63) is 29.8 Å². The lowest BCUT2D eigenvalue weighted by atomic mass is 10.1. The number of primary amides is 1. The normalized spacial score (nSPS) is 9.50. The van der Waals surface area contributed by atoms with Gasteiger partial charge in [-0.15, -0.1) is 0 Å². The highest BCUT2D eigenvalue weighted by Crippen LogP contribution is 2.10. The number of anilines is 1. The molecule has 0 spiro atoms. The van der Waals surface area contributed by atoms with Crippen LogP contribution >= 0.6 is 0 Å². The van der Waals surface area contributed by atoms with Crippen LogP contribution in [-0.2, 0) is 0 Å². The third-order valence-corrected chi connectivity index (χ3v) is 1.64. The predicted octanol–water partition coefficient (Wildman–Crippen LogP) is 0.319. The molecule has 0 aromatic heterocycles. The summed E-state index contributed by atoms with van der Waals surface area (Å²) in [6.07, 6.45) is 0. The number of amides is 2. The topological polar surface area (TPSA) is 98.2 Å². The molecule has 1 aromatic rings. The largest absolute Gasteiger partial charge is 0.351 e. The molecule has 5 heteroatoms. The number of ketones is 1. The number of urea groups is 1. The maximum absolute atomic E-state index is 11.2. The third-order valence-electron chi connectivity index (χ3n) is 1.64. The van der Waals surface area contributed by atoms with Crippen molar-refractivity contribution in [2.45, 2.75) is 0 Å². The third kappa shape index (κ3) is 2.56. The molecule has 0 bridgehead atoms. The number of benzene rings is 1. The van der Waals surface area contributed by atoms with E-state index in [0.717, 1.165) is 0 Å². The van der Waals surface area contributed by atoms with Crippen molar-refractivity contribution in [2.24, 2.45) is 11.5 Å². The van der Waals surface area contributed by atoms with Gasteiger partial charge in [0, 0.05) is 11.3 Å². The number of carbonyl (C=O) groups excluding carboxylic acids is 2. The van der Waals surface area contributed by atoms with Gasteiger partial charge in [0.2, 0.25) is 0 Å². The van der Waals surface area contributed by atoms with Crippen molar-refractivity contribution in [2.75, 3.05) is 11.9 Å². The van der Waals surface area contributed by atoms with E-state index in [2.05, 4.69) is 5.32 Å². The molecule has 5 N–H and O–H groups in total. The SMILES string of the molecule is NCC(=O)c1cccc(NC(N)=O)c1. The highest BCUT2D eigenvalue weighted by molar-refractivity contribution is 5.99. The predicted molar refractivity (Wildman–Crippen MR) is 53.0 cm³/mol. The number of rotatable bonds is 3. The van der Waals surface area contributed by atoms with Crippen LogP contribution in [0, 0.1) is 0 Å². The average molecular weight is 193 g/mol. The van der Waals surface area contributed by atoms with Gasteiger partial charge in [-0.3, -0.25) is 4.79 Å². The minimum Gasteiger partial charge on any atom is -0.351 e. The van der Waals surface area contributed by atoms with Crippen molar-refractivity contribution >= 4 is 17.5 Å². The summed E-state index contributed by atoms with van der Waals surface area (Å²) in [6, 6.07) is 5.77. The summed E-state index contributed by atoms with van der Waals surface area (Å²) >= 11 is 0. The van der Waals surface area contributed by atoms with E-state index in [1.165, 1.54) is 6.07 Å². The number of Topliss-reactive ketones (excluding diaryl/α,β-unsaturated/α-hetero) is 1. The van der Waals surface area contributed by atoms with E-state index in [-0.39, 0.29) is 12.3 Å². The Kier molecular flexibility index (Phi) is 3.19. The molecule has 0 unspecified atom stereocenters. The van der Waals surface area contributed by atoms with Gasteiger partial charge >= 0.3 is 6.03 Å². The summed E-state index contributed by atoms with van der Waals surface area (Å²) in [5.74, 6) is -0.182. The van der Waals surface area contributed by atoms with E-state index in [4.69, 9.17) is 11.5 Å². The fourth-order valence-corrected chi connectivity index (χ4v) is 1.03. The van der Waals surface area contributed by atoms with E-state index in [9.17, 15) is 9.59 Å². The number of carbonyl (C=O) groups is 2. The van der Waals surface area contributed by atoms with E-state index in [0.29, 0.717) is 11.3 Å². The molecule has 5 nitrogen and oxygen atoms in total. The highest BCUT2D eigenvalue weighted by atomic mass is 16.2. The van der Waals surface area contributed by atoms with Crippen LogP contribution in [0.15, 0.2) is 24.3 Å². The average Bonchev–Trinajstić information content (AvgIpc) is 2.16. The molecule has 0 fully saturated rings. The van der Waals surface area contributed by atoms with Gasteiger partial charge in [-0.25, -0.2) is 4.79 Å². The molecule has 0 saturated heterocycles. The summed E-state index contributed by atoms with van der Waals surface area (Å²) in [7, 11) is 0. The molecule has 1 rings (SSSR count). The first-order chi connectivity index (χ1) is 6.63. The summed E-state index contributed by atoms with van der Waals surface area (Å²) in [5.41, 5.74) is 11.1. The number of hydrogen-bond acceptors (Lipinski definition) is 3. The Bertz CT molecular complexity index is 363. The smallest absolute Gasteiger partial charge is 0.316 e. The second-order valence-corrected chi connectivity index (χ2v) is 2.70. The Labute approximate surface area is 81.1 Å². The number of nitrogens with one attached hydrogen (secondary N) is 1. The van der Waals surface area contributed by atoms with Crippen molar-refractivity contribution in [3.63, 3.8) is 0 Å². The lowest BCUT2D eigenvalue weighted by molar-refractivity contribution is 0.100. The zero-order chi connectivity index (χ0) is 10.6. The van der Waals surface area contributed by atoms with Crippen molar-refractivity contribution in [3.8, 4) is 0 Å². The van der Waals surface area contributed by atoms with E-state index >= 15 is 0 Å². The molecule has 0 radical (unpaired) electrons. The van der Waals surface area contributed by atoms with Gasteiger partial charge in [0.15, 0.2) is 5.78 Å². The van der Waals surface area contributed by atoms with Gasteiger partial charge < -0.3 is 16.8 Å². The van der Waals surface area contributed by atoms with E-state index in [1.54, 1.807) is 18.2 Å². The molecule has 14 heavy (non-hydrogen) atoms. The van der Waals surface area contributed by atoms with Crippen LogP contribution in [-0.4, -0.2) is 18.4 Å². The Hall–Kier alpha value is -1.88. The van der Waals surface area contributed by atoms with Gasteiger partial charge in [-0.05, 0) is 12.1 Å². The maximum Gasteiger partial charge on any atom is 0.316 e. The van der Waals surface area contributed by atoms with Crippen LogP contribution < -0.4 is 16.8 Å². The Morgan fingerprint density at radius 3 is 2.64 bits per heavy atom. The van der Waals surface area contributed by atoms with Crippen LogP contribution in [0.2, 0.25) is 0 Å². The number of hydrogen-bond donors (Lipinski definition) is 3. The van der Waals surface area contributed by atoms with Gasteiger partial charge in [-0.1, -0.05) is 12.1 Å². The van der Waals surface area contributed by atoms with Gasteiger partial charge in [0.1, 0.15) is 0 Å². The lowest BCUT2D eigenvalue weighted by Crippen LogP contribution is -2.20. The second kappa shape index (κ2) is 4.38. The summed E-state index contributed by atoms with van der Waals surface area (Å²) in [4.78, 5) is 21.7. The maximum atomic E-state index is 11.2. The van der Waals surface area contributed by atoms with Crippen LogP contribution in [0.4, 0.5) is 10.5 Å². The minimum absolute atomic E-state index is 0.0555. The summed E-state index contributed by atoms with van der Waals surface area (Å²) in [5, 5.41) is 2.37. The van der Waals surface area contributed by atoms with Crippen molar-refractivity contribution in [1.29, 1.82) is 0 Å². The fraction of sp³-hybridized carbons (Fsp3) is 0.111. The fourth-order valence-electron chi connectivity index (χ4n) is 1.03. The van der Waals surface area contributed by atoms with E-state index in [1.807, 2.05) is 0 Å². The molecule has 0 aliphatic heterocycles. The molecule has 0 saturated carbocycles. The van der Waals surface area contributed by atoms with Gasteiger partial charge in [0.25, 0.3) is 0 Å². The Balaban J connectivity index is 2.89. The standard InChI is InChI=1S/C9H11N3O2/c10-5-8(13)6-2-1-3-7(4-6)12-9(11)14/h1-4H,5,10H2,(H3,11,12,14). The van der Waals surface area contributed by atoms with Gasteiger partial charge in [-0.2, -0.15) is 0 Å². The van der Waals surface area contributed by atoms with Crippen LogP contribution in [0.5, 0.6) is 0 Å². The summed E-state index contributed by atoms with van der Waals surface area (Å²) < 4.78 is 0. The molecule has 0 atom stereocenters. The van der Waals surface area contributed by atoms with Crippen molar-refractivity contribution in [1.82, 2.24) is 0 Å². The Morgan fingerprint density at radius 1 is 1.36 bits per heavy atom. The molecule has 0 aliphatic carbocycles. The van der Waals surface area contributed by atoms with E-state index < -0.39 is 6.03 Å². The zero-order valence-corrected chi connectivity index (χ0v) is 7.49. The quantitative estimate of drug-likeness (QED) is 0.603. The van der Waals surface area contributed by atoms with Crippen LogP contribution in [0.25, 0.3) is 0 Å². The van der Waals surface area contributed by atoms with Crippen molar-refractivity contribution < 1.29 is 9.59 Å². The first-order valence-electron chi connectivity index (χ1n) is 4.03. The van der Waals surface area contributed by atoms with Crippen LogP contribution in [0.3, 0.4) is 0 Å². The molecule has 0 heterocycles. The zero-order valence-electron chi connectivity index (χ0n) is 7.49. The molecule has 74 valence electrons. The monoisotopic (exact) mass is 193 g/mol. The molecule has 0 aliphatic rings. The first kappa shape index (κ1) is 10.2. The first-order valence-corrected chi connectivity index (χ1v) is 4.03. The lowest BCUT2D eigenvalue weighted by Gasteiger charge is -2.03. The summed E-state index contributed by atoms with van der Waals surface area (Å²) in [6.45, 7) is -0.0555. The second-order valence-electron chi connectivity index (χ2n) is 2.70. The minimum atomic E-state index is -0.664. The Morgan fingerprint density at radius 2 is 2.07 bits per heavy atom. The molecule has 2 amide bonds. The molecular formula is C9H11N3O2. The number of nitrogens with two attached hydrogens (primary N) is 2. The molecule has 1 aromatic carbocycles. The highest BCUT2D eigenvalue weighted by Gasteiger charge is 2.04. The molecular weight excluding hydrogens is 182 g/mol.